The van der Waals surface area contributed by atoms with Crippen LogP contribution in [0.5, 0.6) is 0 Å². The van der Waals surface area contributed by atoms with Crippen molar-refractivity contribution in [3.05, 3.63) is 47.5 Å². The molecule has 1 atom stereocenters. The fourth-order valence-electron chi connectivity index (χ4n) is 3.79. The summed E-state index contributed by atoms with van der Waals surface area (Å²) in [7, 11) is 1.96. The SMILES string of the molecule is Cc1noc(C)c1-c1cc(C[C@@H]2CCN(Cc3ccn(C)n3)C2)ncn1. The van der Waals surface area contributed by atoms with E-state index in [9.17, 15) is 0 Å². The minimum absolute atomic E-state index is 0.617. The number of nitrogens with zero attached hydrogens (tertiary/aromatic N) is 6. The molecule has 0 aromatic carbocycles. The van der Waals surface area contributed by atoms with Crippen LogP contribution in [0.4, 0.5) is 0 Å². The van der Waals surface area contributed by atoms with Crippen molar-refractivity contribution in [2.24, 2.45) is 13.0 Å². The van der Waals surface area contributed by atoms with Gasteiger partial charge in [-0.3, -0.25) is 9.58 Å². The molecule has 7 nitrogen and oxygen atoms in total. The van der Waals surface area contributed by atoms with Gasteiger partial charge in [-0.05, 0) is 51.3 Å². The lowest BCUT2D eigenvalue weighted by molar-refractivity contribution is 0.311. The highest BCUT2D eigenvalue weighted by atomic mass is 16.5. The Labute approximate surface area is 153 Å². The quantitative estimate of drug-likeness (QED) is 0.703. The predicted octanol–water partition coefficient (Wildman–Crippen LogP) is 2.55. The number of aryl methyl sites for hydroxylation is 3. The molecular formula is C19H24N6O. The lowest BCUT2D eigenvalue weighted by Crippen LogP contribution is -2.21. The van der Waals surface area contributed by atoms with E-state index >= 15 is 0 Å². The first kappa shape index (κ1) is 16.9. The van der Waals surface area contributed by atoms with Gasteiger partial charge in [-0.25, -0.2) is 9.97 Å². The topological polar surface area (TPSA) is 72.9 Å². The number of hydrogen-bond donors (Lipinski definition) is 0. The van der Waals surface area contributed by atoms with Crippen LogP contribution >= 0.6 is 0 Å². The third kappa shape index (κ3) is 3.53. The molecule has 0 bridgehead atoms. The van der Waals surface area contributed by atoms with Gasteiger partial charge >= 0.3 is 0 Å². The molecule has 0 N–H and O–H groups in total. The van der Waals surface area contributed by atoms with Crippen LogP contribution in [-0.2, 0) is 20.0 Å². The zero-order valence-corrected chi connectivity index (χ0v) is 15.5. The Balaban J connectivity index is 1.41. The zero-order chi connectivity index (χ0) is 18.1. The van der Waals surface area contributed by atoms with E-state index < -0.39 is 0 Å². The molecule has 0 saturated carbocycles. The smallest absolute Gasteiger partial charge is 0.143 e. The molecule has 0 amide bonds. The van der Waals surface area contributed by atoms with Gasteiger partial charge in [0, 0.05) is 32.0 Å². The van der Waals surface area contributed by atoms with E-state index in [0.717, 1.165) is 60.2 Å². The Bertz CT molecular complexity index is 880. The van der Waals surface area contributed by atoms with Gasteiger partial charge in [0.1, 0.15) is 12.1 Å². The number of rotatable bonds is 5. The second kappa shape index (κ2) is 6.99. The highest BCUT2D eigenvalue weighted by molar-refractivity contribution is 5.63. The van der Waals surface area contributed by atoms with Crippen LogP contribution < -0.4 is 0 Å². The highest BCUT2D eigenvalue weighted by Crippen LogP contribution is 2.27. The minimum Gasteiger partial charge on any atom is -0.361 e. The zero-order valence-electron chi connectivity index (χ0n) is 15.5. The van der Waals surface area contributed by atoms with E-state index in [0.29, 0.717) is 5.92 Å². The van der Waals surface area contributed by atoms with Gasteiger partial charge in [0.15, 0.2) is 0 Å². The number of hydrogen-bond acceptors (Lipinski definition) is 6. The Hall–Kier alpha value is -2.54. The average Bonchev–Trinajstić information content (AvgIpc) is 3.30. The molecule has 3 aromatic heterocycles. The maximum absolute atomic E-state index is 5.27. The molecule has 1 aliphatic heterocycles. The molecule has 1 fully saturated rings. The van der Waals surface area contributed by atoms with Gasteiger partial charge in [0.25, 0.3) is 0 Å². The molecule has 0 spiro atoms. The monoisotopic (exact) mass is 352 g/mol. The molecule has 4 heterocycles. The largest absolute Gasteiger partial charge is 0.361 e. The Morgan fingerprint density at radius 2 is 2.12 bits per heavy atom. The third-order valence-electron chi connectivity index (χ3n) is 5.04. The normalized spacial score (nSPS) is 17.9. The van der Waals surface area contributed by atoms with Crippen LogP contribution in [0.15, 0.2) is 29.2 Å². The van der Waals surface area contributed by atoms with Crippen molar-refractivity contribution in [2.75, 3.05) is 13.1 Å². The molecule has 4 rings (SSSR count). The fraction of sp³-hybridized carbons (Fsp3) is 0.474. The third-order valence-corrected chi connectivity index (χ3v) is 5.04. The van der Waals surface area contributed by atoms with Gasteiger partial charge in [-0.1, -0.05) is 5.16 Å². The summed E-state index contributed by atoms with van der Waals surface area (Å²) in [5.41, 5.74) is 4.97. The lowest BCUT2D eigenvalue weighted by atomic mass is 10.0. The summed E-state index contributed by atoms with van der Waals surface area (Å²) in [6.07, 6.45) is 5.81. The number of aromatic nitrogens is 5. The minimum atomic E-state index is 0.617. The summed E-state index contributed by atoms with van der Waals surface area (Å²) in [6, 6.07) is 4.17. The Morgan fingerprint density at radius 1 is 1.23 bits per heavy atom. The second-order valence-corrected chi connectivity index (χ2v) is 7.17. The van der Waals surface area contributed by atoms with Crippen molar-refractivity contribution in [3.8, 4) is 11.3 Å². The van der Waals surface area contributed by atoms with Crippen LogP contribution in [0.1, 0.15) is 29.3 Å². The maximum atomic E-state index is 5.27. The Kier molecular flexibility index (Phi) is 4.55. The van der Waals surface area contributed by atoms with E-state index in [4.69, 9.17) is 4.52 Å². The lowest BCUT2D eigenvalue weighted by Gasteiger charge is -2.14. The van der Waals surface area contributed by atoms with E-state index in [1.807, 2.05) is 31.8 Å². The summed E-state index contributed by atoms with van der Waals surface area (Å²) < 4.78 is 7.13. The molecular weight excluding hydrogens is 328 g/mol. The summed E-state index contributed by atoms with van der Waals surface area (Å²) in [6.45, 7) is 6.99. The van der Waals surface area contributed by atoms with Crippen LogP contribution in [0.25, 0.3) is 11.3 Å². The van der Waals surface area contributed by atoms with Gasteiger partial charge in [0.05, 0.1) is 22.6 Å². The molecule has 136 valence electrons. The van der Waals surface area contributed by atoms with E-state index in [1.165, 1.54) is 6.42 Å². The van der Waals surface area contributed by atoms with Gasteiger partial charge < -0.3 is 4.52 Å². The van der Waals surface area contributed by atoms with Crippen LogP contribution in [0.2, 0.25) is 0 Å². The van der Waals surface area contributed by atoms with Gasteiger partial charge in [-0.15, -0.1) is 0 Å². The first-order valence-electron chi connectivity index (χ1n) is 9.03. The highest BCUT2D eigenvalue weighted by Gasteiger charge is 2.24. The summed E-state index contributed by atoms with van der Waals surface area (Å²) in [5.74, 6) is 1.42. The van der Waals surface area contributed by atoms with Crippen molar-refractivity contribution >= 4 is 0 Å². The maximum Gasteiger partial charge on any atom is 0.143 e. The molecule has 3 aromatic rings. The molecule has 0 radical (unpaired) electrons. The van der Waals surface area contributed by atoms with Crippen molar-refractivity contribution in [1.29, 1.82) is 0 Å². The van der Waals surface area contributed by atoms with Crippen LogP contribution in [0.3, 0.4) is 0 Å². The second-order valence-electron chi connectivity index (χ2n) is 7.17. The van der Waals surface area contributed by atoms with Crippen LogP contribution in [0, 0.1) is 19.8 Å². The molecule has 26 heavy (non-hydrogen) atoms. The van der Waals surface area contributed by atoms with Crippen molar-refractivity contribution < 1.29 is 4.52 Å². The van der Waals surface area contributed by atoms with Gasteiger partial charge in [0.2, 0.25) is 0 Å². The van der Waals surface area contributed by atoms with Crippen molar-refractivity contribution in [2.45, 2.75) is 33.2 Å². The van der Waals surface area contributed by atoms with Crippen molar-refractivity contribution in [3.63, 3.8) is 0 Å². The molecule has 7 heteroatoms. The molecule has 1 saturated heterocycles. The van der Waals surface area contributed by atoms with Crippen molar-refractivity contribution in [1.82, 2.24) is 29.8 Å². The predicted molar refractivity (Wildman–Crippen MR) is 97.3 cm³/mol. The fourth-order valence-corrected chi connectivity index (χ4v) is 3.79. The average molecular weight is 352 g/mol. The Morgan fingerprint density at radius 3 is 2.85 bits per heavy atom. The van der Waals surface area contributed by atoms with Gasteiger partial charge in [-0.2, -0.15) is 5.10 Å². The number of likely N-dealkylation sites (tertiary alicyclic amines) is 1. The molecule has 1 aliphatic rings. The molecule has 0 aliphatic carbocycles. The summed E-state index contributed by atoms with van der Waals surface area (Å²) in [5, 5.41) is 8.51. The summed E-state index contributed by atoms with van der Waals surface area (Å²) >= 11 is 0. The van der Waals surface area contributed by atoms with E-state index in [1.54, 1.807) is 6.33 Å². The van der Waals surface area contributed by atoms with E-state index in [-0.39, 0.29) is 0 Å². The molecule has 0 unspecified atom stereocenters. The summed E-state index contributed by atoms with van der Waals surface area (Å²) in [4.78, 5) is 11.4. The van der Waals surface area contributed by atoms with Crippen LogP contribution in [-0.4, -0.2) is 42.9 Å². The standard InChI is InChI=1S/C19H24N6O/c1-13-19(14(2)26-23-13)18-9-17(20-12-21-18)8-15-4-7-25(10-15)11-16-5-6-24(3)22-16/h5-6,9,12,15H,4,7-8,10-11H2,1-3H3/t15-/m0/s1. The first-order valence-corrected chi connectivity index (χ1v) is 9.03. The van der Waals surface area contributed by atoms with E-state index in [2.05, 4.69) is 37.3 Å². The first-order chi connectivity index (χ1) is 12.6.